The van der Waals surface area contributed by atoms with Crippen LogP contribution in [-0.2, 0) is 24.2 Å². The Kier molecular flexibility index (Phi) is 4.56. The summed E-state index contributed by atoms with van der Waals surface area (Å²) in [7, 11) is -4.74. The summed E-state index contributed by atoms with van der Waals surface area (Å²) in [4.78, 5) is 21.6. The Morgan fingerprint density at radius 2 is 1.78 bits per heavy atom. The van der Waals surface area contributed by atoms with E-state index in [-0.39, 0.29) is 5.75 Å². The van der Waals surface area contributed by atoms with Crippen molar-refractivity contribution in [1.82, 2.24) is 0 Å². The minimum atomic E-state index is -4.74. The molecule has 9 heteroatoms. The lowest BCUT2D eigenvalue weighted by Gasteiger charge is -2.05. The summed E-state index contributed by atoms with van der Waals surface area (Å²) < 4.78 is 30.3. The van der Waals surface area contributed by atoms with E-state index in [1.165, 1.54) is 23.9 Å². The van der Waals surface area contributed by atoms with Gasteiger partial charge in [0.1, 0.15) is 5.75 Å². The van der Waals surface area contributed by atoms with Gasteiger partial charge in [0.25, 0.3) is 0 Å². The number of thioether (sulfide) groups is 1. The third kappa shape index (κ3) is 4.26. The number of carbonyl (C=O) groups excluding carboxylic acids is 1. The second kappa shape index (κ2) is 5.74. The first-order chi connectivity index (χ1) is 8.34. The van der Waals surface area contributed by atoms with Crippen LogP contribution < -0.4 is 4.18 Å². The van der Waals surface area contributed by atoms with Crippen molar-refractivity contribution in [2.75, 3.05) is 6.26 Å². The molecule has 98 valence electrons. The Morgan fingerprint density at radius 1 is 1.22 bits per heavy atom. The number of benzene rings is 1. The number of carboxylic acids is 1. The van der Waals surface area contributed by atoms with Crippen LogP contribution in [-0.4, -0.2) is 31.7 Å². The van der Waals surface area contributed by atoms with Crippen LogP contribution >= 0.6 is 11.8 Å². The summed E-state index contributed by atoms with van der Waals surface area (Å²) in [6.45, 7) is 0. The number of aliphatic carboxylic acids is 1. The van der Waals surface area contributed by atoms with Crippen molar-refractivity contribution < 1.29 is 31.5 Å². The van der Waals surface area contributed by atoms with E-state index in [0.29, 0.717) is 0 Å². The fourth-order valence-corrected chi connectivity index (χ4v) is 1.94. The van der Waals surface area contributed by atoms with Crippen molar-refractivity contribution in [1.29, 1.82) is 0 Å². The zero-order valence-electron chi connectivity index (χ0n) is 9.02. The first kappa shape index (κ1) is 14.3. The lowest BCUT2D eigenvalue weighted by atomic mass is 10.3. The minimum absolute atomic E-state index is 0.0917. The zero-order valence-corrected chi connectivity index (χ0v) is 10.7. The normalized spacial score (nSPS) is 10.7. The number of hydrogen-bond acceptors (Lipinski definition) is 7. The van der Waals surface area contributed by atoms with E-state index in [1.54, 1.807) is 12.1 Å². The number of carboxylic acid groups (broad SMARTS) is 1. The van der Waals surface area contributed by atoms with E-state index in [2.05, 4.69) is 8.37 Å². The molecule has 0 aliphatic rings. The number of rotatable bonds is 4. The molecule has 0 saturated heterocycles. The Hall–Kier alpha value is -1.74. The molecule has 0 atom stereocenters. The Labute approximate surface area is 107 Å². The highest BCUT2D eigenvalue weighted by molar-refractivity contribution is 7.98. The summed E-state index contributed by atoms with van der Waals surface area (Å²) in [5, 5.41) is 8.18. The Bertz CT molecular complexity index is 547. The van der Waals surface area contributed by atoms with Crippen molar-refractivity contribution in [2.24, 2.45) is 0 Å². The molecule has 0 aromatic heterocycles. The second-order valence-electron chi connectivity index (χ2n) is 2.84. The smallest absolute Gasteiger partial charge is 0.473 e. The quantitative estimate of drug-likeness (QED) is 0.637. The zero-order chi connectivity index (χ0) is 13.8. The summed E-state index contributed by atoms with van der Waals surface area (Å²) in [6, 6.07) is 5.87. The van der Waals surface area contributed by atoms with Crippen LogP contribution in [0.3, 0.4) is 0 Å². The molecule has 1 aromatic carbocycles. The van der Waals surface area contributed by atoms with Gasteiger partial charge in [-0.15, -0.1) is 20.2 Å². The van der Waals surface area contributed by atoms with Crippen molar-refractivity contribution in [2.45, 2.75) is 4.90 Å². The molecular weight excluding hydrogens is 284 g/mol. The van der Waals surface area contributed by atoms with Crippen molar-refractivity contribution >= 4 is 34.1 Å². The van der Waals surface area contributed by atoms with Gasteiger partial charge in [0, 0.05) is 4.90 Å². The molecule has 0 fully saturated rings. The molecule has 1 aromatic rings. The van der Waals surface area contributed by atoms with Crippen LogP contribution in [0.15, 0.2) is 29.2 Å². The molecule has 0 unspecified atom stereocenters. The van der Waals surface area contributed by atoms with Gasteiger partial charge in [-0.2, -0.15) is 0 Å². The predicted octanol–water partition coefficient (Wildman–Crippen LogP) is 0.660. The highest BCUT2D eigenvalue weighted by Gasteiger charge is 2.24. The average Bonchev–Trinajstić information content (AvgIpc) is 2.28. The largest absolute Gasteiger partial charge is 0.504 e. The molecule has 0 heterocycles. The number of carbonyl (C=O) groups is 2. The molecule has 0 aliphatic carbocycles. The second-order valence-corrected chi connectivity index (χ2v) is 4.87. The minimum Gasteiger partial charge on any atom is -0.473 e. The highest BCUT2D eigenvalue weighted by atomic mass is 32.3. The van der Waals surface area contributed by atoms with Crippen LogP contribution in [0.2, 0.25) is 0 Å². The van der Waals surface area contributed by atoms with Gasteiger partial charge in [-0.05, 0) is 30.5 Å². The fraction of sp³-hybridized carbons (Fsp3) is 0.111. The van der Waals surface area contributed by atoms with Crippen molar-refractivity contribution in [3.63, 3.8) is 0 Å². The van der Waals surface area contributed by atoms with Gasteiger partial charge in [0.15, 0.2) is 0 Å². The molecule has 0 bridgehead atoms. The molecule has 0 amide bonds. The molecule has 1 rings (SSSR count). The van der Waals surface area contributed by atoms with Gasteiger partial charge in [-0.25, -0.2) is 9.59 Å². The fourth-order valence-electron chi connectivity index (χ4n) is 0.894. The van der Waals surface area contributed by atoms with Crippen molar-refractivity contribution in [3.8, 4) is 5.75 Å². The summed E-state index contributed by atoms with van der Waals surface area (Å²) in [5.74, 6) is -4.05. The third-order valence-electron chi connectivity index (χ3n) is 1.61. The van der Waals surface area contributed by atoms with Crippen LogP contribution in [0.4, 0.5) is 0 Å². The van der Waals surface area contributed by atoms with Gasteiger partial charge in [0.05, 0.1) is 0 Å². The molecule has 0 saturated carbocycles. The van der Waals surface area contributed by atoms with Gasteiger partial charge >= 0.3 is 22.3 Å². The summed E-state index contributed by atoms with van der Waals surface area (Å²) in [5.41, 5.74) is 0. The lowest BCUT2D eigenvalue weighted by molar-refractivity contribution is -0.158. The van der Waals surface area contributed by atoms with Crippen LogP contribution in [0.5, 0.6) is 5.75 Å². The van der Waals surface area contributed by atoms with Gasteiger partial charge in [-0.1, -0.05) is 0 Å². The SMILES string of the molecule is CSc1ccc(OS(=O)(=O)OC(=O)C(=O)O)cc1. The standard InChI is InChI=1S/C9H8O7S2/c1-17-7-4-2-6(3-5-7)15-18(13,14)16-9(12)8(10)11/h2-5H,1H3,(H,10,11). The Balaban J connectivity index is 2.76. The summed E-state index contributed by atoms with van der Waals surface area (Å²) in [6.07, 6.45) is 1.83. The molecular formula is C9H8O7S2. The first-order valence-electron chi connectivity index (χ1n) is 4.39. The van der Waals surface area contributed by atoms with Crippen molar-refractivity contribution in [3.05, 3.63) is 24.3 Å². The van der Waals surface area contributed by atoms with Crippen LogP contribution in [0, 0.1) is 0 Å². The summed E-state index contributed by atoms with van der Waals surface area (Å²) >= 11 is 1.44. The Morgan fingerprint density at radius 3 is 2.22 bits per heavy atom. The van der Waals surface area contributed by atoms with E-state index < -0.39 is 22.3 Å². The van der Waals surface area contributed by atoms with E-state index in [0.717, 1.165) is 4.90 Å². The maximum Gasteiger partial charge on any atom is 0.504 e. The van der Waals surface area contributed by atoms with E-state index in [9.17, 15) is 18.0 Å². The molecule has 1 N–H and O–H groups in total. The predicted molar refractivity (Wildman–Crippen MR) is 61.5 cm³/mol. The van der Waals surface area contributed by atoms with Gasteiger partial charge < -0.3 is 13.5 Å². The topological polar surface area (TPSA) is 107 Å². The molecule has 7 nitrogen and oxygen atoms in total. The maximum absolute atomic E-state index is 11.1. The highest BCUT2D eigenvalue weighted by Crippen LogP contribution is 2.20. The van der Waals surface area contributed by atoms with Gasteiger partial charge in [-0.3, -0.25) is 0 Å². The van der Waals surface area contributed by atoms with Crippen LogP contribution in [0.25, 0.3) is 0 Å². The third-order valence-corrected chi connectivity index (χ3v) is 3.11. The number of hydrogen-bond donors (Lipinski definition) is 1. The average molecular weight is 292 g/mol. The van der Waals surface area contributed by atoms with E-state index in [1.807, 2.05) is 6.26 Å². The van der Waals surface area contributed by atoms with E-state index >= 15 is 0 Å². The first-order valence-corrected chi connectivity index (χ1v) is 6.95. The van der Waals surface area contributed by atoms with Crippen LogP contribution in [0.1, 0.15) is 0 Å². The molecule has 0 radical (unpaired) electrons. The monoisotopic (exact) mass is 292 g/mol. The molecule has 18 heavy (non-hydrogen) atoms. The molecule has 0 spiro atoms. The van der Waals surface area contributed by atoms with Gasteiger partial charge in [0.2, 0.25) is 0 Å². The molecule has 0 aliphatic heterocycles. The maximum atomic E-state index is 11.1. The lowest BCUT2D eigenvalue weighted by Crippen LogP contribution is -2.23. The van der Waals surface area contributed by atoms with E-state index in [4.69, 9.17) is 5.11 Å².